The van der Waals surface area contributed by atoms with E-state index in [2.05, 4.69) is 15.9 Å². The van der Waals surface area contributed by atoms with Crippen LogP contribution >= 0.6 is 27.5 Å². The van der Waals surface area contributed by atoms with Crippen molar-refractivity contribution < 1.29 is 14.3 Å². The minimum Gasteiger partial charge on any atom is -0.481 e. The Morgan fingerprint density at radius 1 is 1.67 bits per heavy atom. The zero-order valence-electron chi connectivity index (χ0n) is 7.51. The number of rotatable bonds is 3. The van der Waals surface area contributed by atoms with Crippen molar-refractivity contribution in [1.29, 1.82) is 0 Å². The molecule has 0 fully saturated rings. The molecule has 0 amide bonds. The van der Waals surface area contributed by atoms with Crippen molar-refractivity contribution in [3.63, 3.8) is 0 Å². The van der Waals surface area contributed by atoms with Gasteiger partial charge in [0, 0.05) is 11.1 Å². The molecule has 6 heteroatoms. The lowest BCUT2D eigenvalue weighted by Crippen LogP contribution is -2.15. The summed E-state index contributed by atoms with van der Waals surface area (Å²) < 4.78 is 13.2. The molecule has 1 unspecified atom stereocenters. The zero-order chi connectivity index (χ0) is 11.6. The van der Waals surface area contributed by atoms with Gasteiger partial charge in [-0.25, -0.2) is 4.39 Å². The van der Waals surface area contributed by atoms with Crippen molar-refractivity contribution in [3.8, 4) is 0 Å². The van der Waals surface area contributed by atoms with Crippen LogP contribution in [-0.2, 0) is 4.79 Å². The Balaban J connectivity index is 3.03. The first-order valence-electron chi connectivity index (χ1n) is 4.03. The molecular weight excluding hydrogens is 288 g/mol. The maximum absolute atomic E-state index is 13.0. The van der Waals surface area contributed by atoms with E-state index in [-0.39, 0.29) is 15.9 Å². The quantitative estimate of drug-likeness (QED) is 0.843. The largest absolute Gasteiger partial charge is 0.481 e. The van der Waals surface area contributed by atoms with Crippen molar-refractivity contribution in [2.75, 3.05) is 0 Å². The molecule has 0 aliphatic heterocycles. The molecule has 3 N–H and O–H groups in total. The van der Waals surface area contributed by atoms with Gasteiger partial charge in [0.2, 0.25) is 0 Å². The summed E-state index contributed by atoms with van der Waals surface area (Å²) in [5.74, 6) is -1.54. The molecule has 0 saturated carbocycles. The fraction of sp³-hybridized carbons (Fsp3) is 0.222. The van der Waals surface area contributed by atoms with E-state index in [1.54, 1.807) is 0 Å². The summed E-state index contributed by atoms with van der Waals surface area (Å²) >= 11 is 8.72. The lowest BCUT2D eigenvalue weighted by molar-refractivity contribution is -0.137. The van der Waals surface area contributed by atoms with E-state index >= 15 is 0 Å². The van der Waals surface area contributed by atoms with Crippen LogP contribution in [0.15, 0.2) is 16.6 Å². The molecule has 0 heterocycles. The van der Waals surface area contributed by atoms with Crippen LogP contribution < -0.4 is 5.73 Å². The lowest BCUT2D eigenvalue weighted by atomic mass is 10.0. The van der Waals surface area contributed by atoms with E-state index in [1.807, 2.05) is 0 Å². The van der Waals surface area contributed by atoms with E-state index < -0.39 is 17.8 Å². The van der Waals surface area contributed by atoms with Gasteiger partial charge in [-0.2, -0.15) is 0 Å². The monoisotopic (exact) mass is 295 g/mol. The maximum atomic E-state index is 13.0. The summed E-state index contributed by atoms with van der Waals surface area (Å²) in [6, 6.07) is 1.75. The third-order valence-electron chi connectivity index (χ3n) is 1.83. The number of hydrogen-bond acceptors (Lipinski definition) is 2. The van der Waals surface area contributed by atoms with Crippen LogP contribution in [0.5, 0.6) is 0 Å². The summed E-state index contributed by atoms with van der Waals surface area (Å²) in [6.45, 7) is 0. The number of carbonyl (C=O) groups is 1. The fourth-order valence-corrected chi connectivity index (χ4v) is 1.77. The number of hydrogen-bond donors (Lipinski definition) is 2. The smallest absolute Gasteiger partial charge is 0.305 e. The molecule has 0 aromatic heterocycles. The fourth-order valence-electron chi connectivity index (χ4n) is 1.12. The van der Waals surface area contributed by atoms with Gasteiger partial charge < -0.3 is 10.8 Å². The van der Waals surface area contributed by atoms with Gasteiger partial charge >= 0.3 is 5.97 Å². The Labute approximate surface area is 99.2 Å². The third kappa shape index (κ3) is 3.15. The molecule has 1 rings (SSSR count). The highest BCUT2D eigenvalue weighted by Crippen LogP contribution is 2.29. The van der Waals surface area contributed by atoms with Crippen LogP contribution in [0.4, 0.5) is 4.39 Å². The van der Waals surface area contributed by atoms with Gasteiger partial charge in [-0.1, -0.05) is 11.6 Å². The molecule has 0 aliphatic carbocycles. The molecule has 15 heavy (non-hydrogen) atoms. The summed E-state index contributed by atoms with van der Waals surface area (Å²) in [4.78, 5) is 10.4. The number of carboxylic acids is 1. The summed E-state index contributed by atoms with van der Waals surface area (Å²) in [6.07, 6.45) is -0.252. The standard InChI is InChI=1S/C9H8BrClFNO2/c10-5-1-4(6(11)2-7(5)12)8(13)3-9(14)15/h1-2,8H,3,13H2,(H,14,15). The Morgan fingerprint density at radius 3 is 2.80 bits per heavy atom. The Kier molecular flexibility index (Phi) is 4.07. The molecule has 0 spiro atoms. The normalized spacial score (nSPS) is 12.5. The van der Waals surface area contributed by atoms with Crippen LogP contribution in [-0.4, -0.2) is 11.1 Å². The minimum atomic E-state index is -1.03. The van der Waals surface area contributed by atoms with E-state index in [1.165, 1.54) is 6.07 Å². The number of aliphatic carboxylic acids is 1. The first-order chi connectivity index (χ1) is 6.91. The molecule has 0 aliphatic rings. The topological polar surface area (TPSA) is 63.3 Å². The first kappa shape index (κ1) is 12.4. The van der Waals surface area contributed by atoms with Gasteiger partial charge in [-0.05, 0) is 33.6 Å². The summed E-state index contributed by atoms with van der Waals surface area (Å²) in [7, 11) is 0. The molecule has 82 valence electrons. The molecule has 0 bridgehead atoms. The third-order valence-corrected chi connectivity index (χ3v) is 2.77. The number of benzene rings is 1. The SMILES string of the molecule is NC(CC(=O)O)c1cc(Br)c(F)cc1Cl. The van der Waals surface area contributed by atoms with Crippen molar-refractivity contribution >= 4 is 33.5 Å². The molecule has 0 radical (unpaired) electrons. The van der Waals surface area contributed by atoms with Crippen LogP contribution in [0.25, 0.3) is 0 Å². The second-order valence-electron chi connectivity index (χ2n) is 2.99. The highest BCUT2D eigenvalue weighted by atomic mass is 79.9. The van der Waals surface area contributed by atoms with Gasteiger partial charge in [0.15, 0.2) is 0 Å². The molecular formula is C9H8BrClFNO2. The molecule has 0 saturated heterocycles. The maximum Gasteiger partial charge on any atom is 0.305 e. The van der Waals surface area contributed by atoms with Crippen molar-refractivity contribution in [3.05, 3.63) is 33.0 Å². The highest BCUT2D eigenvalue weighted by molar-refractivity contribution is 9.10. The van der Waals surface area contributed by atoms with Crippen LogP contribution in [0.3, 0.4) is 0 Å². The predicted molar refractivity (Wildman–Crippen MR) is 58.3 cm³/mol. The van der Waals surface area contributed by atoms with Crippen molar-refractivity contribution in [2.24, 2.45) is 5.73 Å². The van der Waals surface area contributed by atoms with Gasteiger partial charge in [0.25, 0.3) is 0 Å². The summed E-state index contributed by atoms with van der Waals surface area (Å²) in [5.41, 5.74) is 6.02. The van der Waals surface area contributed by atoms with Crippen LogP contribution in [0.2, 0.25) is 5.02 Å². The van der Waals surface area contributed by atoms with Gasteiger partial charge in [0.1, 0.15) is 5.82 Å². The highest BCUT2D eigenvalue weighted by Gasteiger charge is 2.16. The number of nitrogens with two attached hydrogens (primary N) is 1. The van der Waals surface area contributed by atoms with Crippen LogP contribution in [0.1, 0.15) is 18.0 Å². The molecule has 1 atom stereocenters. The van der Waals surface area contributed by atoms with Crippen molar-refractivity contribution in [2.45, 2.75) is 12.5 Å². The van der Waals surface area contributed by atoms with E-state index in [0.29, 0.717) is 5.56 Å². The average molecular weight is 297 g/mol. The van der Waals surface area contributed by atoms with Gasteiger partial charge in [0.05, 0.1) is 10.9 Å². The first-order valence-corrected chi connectivity index (χ1v) is 5.20. The minimum absolute atomic E-state index is 0.129. The Hall–Kier alpha value is -0.650. The van der Waals surface area contributed by atoms with E-state index in [0.717, 1.165) is 6.07 Å². The predicted octanol–water partition coefficient (Wildman–Crippen LogP) is 2.72. The Bertz CT molecular complexity index is 400. The molecule has 1 aromatic rings. The lowest BCUT2D eigenvalue weighted by Gasteiger charge is -2.12. The molecule has 1 aromatic carbocycles. The molecule has 3 nitrogen and oxygen atoms in total. The average Bonchev–Trinajstić information content (AvgIpc) is 2.09. The van der Waals surface area contributed by atoms with Gasteiger partial charge in [-0.15, -0.1) is 0 Å². The van der Waals surface area contributed by atoms with Crippen molar-refractivity contribution in [1.82, 2.24) is 0 Å². The van der Waals surface area contributed by atoms with Crippen LogP contribution in [0, 0.1) is 5.82 Å². The Morgan fingerprint density at radius 2 is 2.27 bits per heavy atom. The second kappa shape index (κ2) is 4.92. The summed E-state index contributed by atoms with van der Waals surface area (Å²) in [5, 5.41) is 8.68. The zero-order valence-corrected chi connectivity index (χ0v) is 9.85. The van der Waals surface area contributed by atoms with E-state index in [9.17, 15) is 9.18 Å². The number of carboxylic acid groups (broad SMARTS) is 1. The van der Waals surface area contributed by atoms with Gasteiger partial charge in [-0.3, -0.25) is 4.79 Å². The number of halogens is 3. The van der Waals surface area contributed by atoms with E-state index in [4.69, 9.17) is 22.4 Å². The second-order valence-corrected chi connectivity index (χ2v) is 4.25.